The lowest BCUT2D eigenvalue weighted by atomic mass is 9.94. The summed E-state index contributed by atoms with van der Waals surface area (Å²) in [6.07, 6.45) is 2.20. The van der Waals surface area contributed by atoms with Gasteiger partial charge in [-0.15, -0.1) is 0 Å². The number of amides is 1. The van der Waals surface area contributed by atoms with Gasteiger partial charge in [-0.2, -0.15) is 11.8 Å². The van der Waals surface area contributed by atoms with Gasteiger partial charge in [-0.25, -0.2) is 0 Å². The minimum absolute atomic E-state index is 0.0460. The first kappa shape index (κ1) is 23.4. The fourth-order valence-electron chi connectivity index (χ4n) is 2.12. The average molecular weight is 377 g/mol. The zero-order valence-electron chi connectivity index (χ0n) is 14.3. The third-order valence-electron chi connectivity index (χ3n) is 3.61. The summed E-state index contributed by atoms with van der Waals surface area (Å²) in [7, 11) is 0. The summed E-state index contributed by atoms with van der Waals surface area (Å²) >= 11 is 1.34. The van der Waals surface area contributed by atoms with E-state index in [9.17, 15) is 24.3 Å². The molecule has 25 heavy (non-hydrogen) atoms. The lowest BCUT2D eigenvalue weighted by Crippen LogP contribution is -2.44. The van der Waals surface area contributed by atoms with Crippen LogP contribution in [0.4, 0.5) is 0 Å². The van der Waals surface area contributed by atoms with E-state index in [1.807, 2.05) is 0 Å². The van der Waals surface area contributed by atoms with Crippen molar-refractivity contribution in [1.29, 1.82) is 0 Å². The van der Waals surface area contributed by atoms with E-state index in [4.69, 9.17) is 16.6 Å². The minimum atomic E-state index is -1.20. The Labute approximate surface area is 150 Å². The smallest absolute Gasteiger partial charge is 0.320 e. The molecule has 9 nitrogen and oxygen atoms in total. The van der Waals surface area contributed by atoms with Crippen LogP contribution >= 0.6 is 11.8 Å². The molecule has 0 aliphatic rings. The third kappa shape index (κ3) is 10.0. The monoisotopic (exact) mass is 377 g/mol. The van der Waals surface area contributed by atoms with Crippen LogP contribution in [0, 0.1) is 5.92 Å². The first-order valence-electron chi connectivity index (χ1n) is 7.95. The van der Waals surface area contributed by atoms with Gasteiger partial charge in [0.15, 0.2) is 5.78 Å². The molecule has 10 heteroatoms. The zero-order chi connectivity index (χ0) is 19.4. The summed E-state index contributed by atoms with van der Waals surface area (Å²) < 4.78 is 0. The van der Waals surface area contributed by atoms with Gasteiger partial charge in [0, 0.05) is 18.6 Å². The van der Waals surface area contributed by atoms with Crippen LogP contribution in [0.2, 0.25) is 0 Å². The first-order chi connectivity index (χ1) is 11.7. The SMILES string of the molecule is CSCC(NC(=O)CCC(N)C(=O)O)C(=O)CC(CCCN)C(=O)O. The second-order valence-corrected chi connectivity index (χ2v) is 6.61. The molecule has 3 unspecified atom stereocenters. The number of carbonyl (C=O) groups is 4. The van der Waals surface area contributed by atoms with Gasteiger partial charge in [0.1, 0.15) is 6.04 Å². The Bertz CT molecular complexity index is 474. The Morgan fingerprint density at radius 3 is 2.24 bits per heavy atom. The molecule has 144 valence electrons. The number of aliphatic carboxylic acids is 2. The van der Waals surface area contributed by atoms with Crippen LogP contribution in [-0.2, 0) is 19.2 Å². The lowest BCUT2D eigenvalue weighted by Gasteiger charge is -2.19. The van der Waals surface area contributed by atoms with E-state index >= 15 is 0 Å². The van der Waals surface area contributed by atoms with Crippen molar-refractivity contribution in [2.45, 2.75) is 44.2 Å². The summed E-state index contributed by atoms with van der Waals surface area (Å²) in [5, 5.41) is 20.4. The largest absolute Gasteiger partial charge is 0.481 e. The summed E-state index contributed by atoms with van der Waals surface area (Å²) in [6, 6.07) is -1.96. The number of carboxylic acid groups (broad SMARTS) is 2. The van der Waals surface area contributed by atoms with Crippen molar-refractivity contribution in [3.63, 3.8) is 0 Å². The quantitative estimate of drug-likeness (QED) is 0.265. The van der Waals surface area contributed by atoms with Crippen LogP contribution < -0.4 is 16.8 Å². The van der Waals surface area contributed by atoms with Crippen LogP contribution in [0.3, 0.4) is 0 Å². The molecule has 0 aromatic rings. The number of nitrogens with two attached hydrogens (primary N) is 2. The van der Waals surface area contributed by atoms with Gasteiger partial charge in [0.05, 0.1) is 12.0 Å². The molecule has 0 saturated heterocycles. The van der Waals surface area contributed by atoms with Gasteiger partial charge in [0.25, 0.3) is 0 Å². The second-order valence-electron chi connectivity index (χ2n) is 5.70. The number of thioether (sulfide) groups is 1. The van der Waals surface area contributed by atoms with Gasteiger partial charge >= 0.3 is 11.9 Å². The fourth-order valence-corrected chi connectivity index (χ4v) is 2.72. The number of Topliss-reactive ketones (excluding diaryl/α,β-unsaturated/α-hetero) is 1. The van der Waals surface area contributed by atoms with Crippen molar-refractivity contribution in [1.82, 2.24) is 5.32 Å². The van der Waals surface area contributed by atoms with Gasteiger partial charge in [0.2, 0.25) is 5.91 Å². The maximum Gasteiger partial charge on any atom is 0.320 e. The molecule has 0 rings (SSSR count). The topological polar surface area (TPSA) is 173 Å². The van der Waals surface area contributed by atoms with Gasteiger partial charge in [-0.05, 0) is 32.1 Å². The number of carboxylic acids is 2. The number of nitrogens with one attached hydrogen (secondary N) is 1. The van der Waals surface area contributed by atoms with E-state index in [1.165, 1.54) is 11.8 Å². The molecule has 0 spiro atoms. The summed E-state index contributed by atoms with van der Waals surface area (Å²) in [5.41, 5.74) is 10.7. The third-order valence-corrected chi connectivity index (χ3v) is 4.28. The second kappa shape index (κ2) is 12.7. The molecule has 0 fully saturated rings. The Morgan fingerprint density at radius 2 is 1.76 bits per heavy atom. The summed E-state index contributed by atoms with van der Waals surface area (Å²) in [4.78, 5) is 46.1. The molecule has 0 bridgehead atoms. The molecule has 7 N–H and O–H groups in total. The van der Waals surface area contributed by atoms with Crippen LogP contribution in [0.15, 0.2) is 0 Å². The maximum absolute atomic E-state index is 12.4. The van der Waals surface area contributed by atoms with Crippen molar-refractivity contribution < 1.29 is 29.4 Å². The molecule has 0 heterocycles. The maximum atomic E-state index is 12.4. The highest BCUT2D eigenvalue weighted by atomic mass is 32.2. The molecule has 0 aliphatic carbocycles. The molecular weight excluding hydrogens is 350 g/mol. The van der Waals surface area contributed by atoms with E-state index in [2.05, 4.69) is 5.32 Å². The van der Waals surface area contributed by atoms with Crippen LogP contribution in [0.5, 0.6) is 0 Å². The van der Waals surface area contributed by atoms with Crippen molar-refractivity contribution in [2.24, 2.45) is 17.4 Å². The Morgan fingerprint density at radius 1 is 1.12 bits per heavy atom. The van der Waals surface area contributed by atoms with E-state index in [0.29, 0.717) is 25.1 Å². The van der Waals surface area contributed by atoms with E-state index in [-0.39, 0.29) is 25.0 Å². The molecule has 0 aromatic carbocycles. The first-order valence-corrected chi connectivity index (χ1v) is 9.34. The highest BCUT2D eigenvalue weighted by Crippen LogP contribution is 2.14. The van der Waals surface area contributed by atoms with E-state index < -0.39 is 35.8 Å². The molecule has 3 atom stereocenters. The lowest BCUT2D eigenvalue weighted by molar-refractivity contribution is -0.144. The van der Waals surface area contributed by atoms with E-state index in [1.54, 1.807) is 6.26 Å². The van der Waals surface area contributed by atoms with Crippen LogP contribution in [-0.4, -0.2) is 64.5 Å². The number of rotatable bonds is 14. The molecule has 1 amide bonds. The van der Waals surface area contributed by atoms with Crippen molar-refractivity contribution in [3.8, 4) is 0 Å². The number of hydrogen-bond donors (Lipinski definition) is 5. The van der Waals surface area contributed by atoms with Gasteiger partial charge in [-0.1, -0.05) is 0 Å². The molecule has 0 aromatic heterocycles. The van der Waals surface area contributed by atoms with Gasteiger partial charge < -0.3 is 27.0 Å². The van der Waals surface area contributed by atoms with Crippen molar-refractivity contribution >= 4 is 35.4 Å². The fraction of sp³-hybridized carbons (Fsp3) is 0.733. The van der Waals surface area contributed by atoms with Crippen molar-refractivity contribution in [3.05, 3.63) is 0 Å². The van der Waals surface area contributed by atoms with Crippen LogP contribution in [0.25, 0.3) is 0 Å². The Balaban J connectivity index is 4.68. The number of hydrogen-bond acceptors (Lipinski definition) is 7. The predicted molar refractivity (Wildman–Crippen MR) is 94.2 cm³/mol. The minimum Gasteiger partial charge on any atom is -0.481 e. The Hall–Kier alpha value is -1.65. The molecule has 0 saturated carbocycles. The van der Waals surface area contributed by atoms with Gasteiger partial charge in [-0.3, -0.25) is 19.2 Å². The number of ketones is 1. The summed E-state index contributed by atoms with van der Waals surface area (Å²) in [5.74, 6) is -3.65. The summed E-state index contributed by atoms with van der Waals surface area (Å²) in [6.45, 7) is 0.340. The zero-order valence-corrected chi connectivity index (χ0v) is 15.1. The normalized spacial score (nSPS) is 14.4. The van der Waals surface area contributed by atoms with Crippen molar-refractivity contribution in [2.75, 3.05) is 18.6 Å². The molecular formula is C15H27N3O6S. The average Bonchev–Trinajstić information content (AvgIpc) is 2.55. The highest BCUT2D eigenvalue weighted by molar-refractivity contribution is 7.98. The molecule has 0 aliphatic heterocycles. The van der Waals surface area contributed by atoms with Crippen LogP contribution in [0.1, 0.15) is 32.1 Å². The Kier molecular flexibility index (Phi) is 11.8. The highest BCUT2D eigenvalue weighted by Gasteiger charge is 2.27. The number of carbonyl (C=O) groups excluding carboxylic acids is 2. The molecule has 0 radical (unpaired) electrons. The standard InChI is InChI=1S/C15H27N3O6S/c1-25-8-11(18-13(20)5-4-10(17)15(23)24)12(19)7-9(14(21)22)3-2-6-16/h9-11H,2-8,16-17H2,1H3,(H,18,20)(H,21,22)(H,23,24). The predicted octanol–water partition coefficient (Wildman–Crippen LogP) is -0.575. The van der Waals surface area contributed by atoms with E-state index in [0.717, 1.165) is 0 Å².